The molecule has 0 saturated heterocycles. The van der Waals surface area contributed by atoms with Gasteiger partial charge >= 0.3 is 5.69 Å². The fourth-order valence-corrected chi connectivity index (χ4v) is 2.41. The van der Waals surface area contributed by atoms with Crippen molar-refractivity contribution < 1.29 is 9.31 Å². The molecule has 23 heavy (non-hydrogen) atoms. The molecule has 7 nitrogen and oxygen atoms in total. The third kappa shape index (κ3) is 2.91. The van der Waals surface area contributed by atoms with E-state index in [1.807, 2.05) is 6.92 Å². The van der Waals surface area contributed by atoms with E-state index in [0.717, 1.165) is 17.7 Å². The second-order valence-corrected chi connectivity index (χ2v) is 5.17. The Morgan fingerprint density at radius 1 is 1.17 bits per heavy atom. The van der Waals surface area contributed by atoms with Crippen molar-refractivity contribution in [2.45, 2.75) is 13.0 Å². The SMILES string of the molecule is C[C@@H](Nc1ccc(F)cc1[N+](=O)[O-])c1ccc2[nH]c(=O)[nH]c2c1. The standard InChI is InChI=1S/C15H13FN4O3/c1-8(9-2-4-11-13(6-9)19-15(21)18-11)17-12-5-3-10(16)7-14(12)20(22)23/h2-8,17H,1H3,(H2,18,19,21)/t8-/m1/s1. The van der Waals surface area contributed by atoms with Crippen LogP contribution in [-0.2, 0) is 0 Å². The van der Waals surface area contributed by atoms with Gasteiger partial charge in [-0.2, -0.15) is 0 Å². The van der Waals surface area contributed by atoms with E-state index in [0.29, 0.717) is 11.0 Å². The first-order valence-electron chi connectivity index (χ1n) is 6.86. The van der Waals surface area contributed by atoms with Crippen LogP contribution >= 0.6 is 0 Å². The number of nitrogens with zero attached hydrogens (tertiary/aromatic N) is 1. The van der Waals surface area contributed by atoms with Crippen molar-refractivity contribution in [2.24, 2.45) is 0 Å². The molecule has 3 rings (SSSR count). The molecule has 118 valence electrons. The summed E-state index contributed by atoms with van der Waals surface area (Å²) in [5.41, 5.74) is 1.76. The maximum absolute atomic E-state index is 13.2. The fraction of sp³-hybridized carbons (Fsp3) is 0.133. The maximum atomic E-state index is 13.2. The van der Waals surface area contributed by atoms with Crippen LogP contribution in [0.15, 0.2) is 41.2 Å². The molecule has 0 unspecified atom stereocenters. The molecular weight excluding hydrogens is 303 g/mol. The van der Waals surface area contributed by atoms with Crippen LogP contribution in [-0.4, -0.2) is 14.9 Å². The predicted octanol–water partition coefficient (Wildman–Crippen LogP) is 3.08. The van der Waals surface area contributed by atoms with Gasteiger partial charge in [0.15, 0.2) is 0 Å². The van der Waals surface area contributed by atoms with Gasteiger partial charge in [0.1, 0.15) is 11.5 Å². The molecule has 0 aliphatic heterocycles. The van der Waals surface area contributed by atoms with E-state index in [1.54, 1.807) is 18.2 Å². The molecule has 1 atom stereocenters. The van der Waals surface area contributed by atoms with E-state index in [9.17, 15) is 19.3 Å². The van der Waals surface area contributed by atoms with Gasteiger partial charge in [-0.05, 0) is 36.8 Å². The van der Waals surface area contributed by atoms with Crippen LogP contribution in [0.2, 0.25) is 0 Å². The molecule has 0 bridgehead atoms. The van der Waals surface area contributed by atoms with E-state index < -0.39 is 10.7 Å². The molecule has 0 saturated carbocycles. The Morgan fingerprint density at radius 2 is 1.91 bits per heavy atom. The number of hydrogen-bond acceptors (Lipinski definition) is 4. The lowest BCUT2D eigenvalue weighted by molar-refractivity contribution is -0.384. The molecule has 3 aromatic rings. The van der Waals surface area contributed by atoms with Gasteiger partial charge in [0.25, 0.3) is 5.69 Å². The Labute approximate surface area is 129 Å². The molecule has 1 heterocycles. The third-order valence-electron chi connectivity index (χ3n) is 3.57. The first kappa shape index (κ1) is 14.8. The number of halogens is 1. The summed E-state index contributed by atoms with van der Waals surface area (Å²) < 4.78 is 13.2. The number of fused-ring (bicyclic) bond motifs is 1. The summed E-state index contributed by atoms with van der Waals surface area (Å²) in [7, 11) is 0. The lowest BCUT2D eigenvalue weighted by Gasteiger charge is -2.16. The first-order valence-corrected chi connectivity index (χ1v) is 6.86. The van der Waals surface area contributed by atoms with Crippen molar-refractivity contribution in [3.63, 3.8) is 0 Å². The van der Waals surface area contributed by atoms with Crippen molar-refractivity contribution in [3.8, 4) is 0 Å². The summed E-state index contributed by atoms with van der Waals surface area (Å²) >= 11 is 0. The Balaban J connectivity index is 1.92. The van der Waals surface area contributed by atoms with E-state index >= 15 is 0 Å². The topological polar surface area (TPSA) is 104 Å². The number of nitrogens with one attached hydrogen (secondary N) is 3. The minimum Gasteiger partial charge on any atom is -0.373 e. The highest BCUT2D eigenvalue weighted by Gasteiger charge is 2.17. The number of rotatable bonds is 4. The molecule has 0 radical (unpaired) electrons. The van der Waals surface area contributed by atoms with Crippen molar-refractivity contribution in [1.29, 1.82) is 0 Å². The molecule has 3 N–H and O–H groups in total. The number of aromatic amines is 2. The zero-order chi connectivity index (χ0) is 16.6. The van der Waals surface area contributed by atoms with Crippen molar-refractivity contribution in [2.75, 3.05) is 5.32 Å². The Bertz CT molecular complexity index is 947. The normalized spacial score (nSPS) is 12.3. The number of H-pyrrole nitrogens is 2. The zero-order valence-corrected chi connectivity index (χ0v) is 12.1. The maximum Gasteiger partial charge on any atom is 0.323 e. The highest BCUT2D eigenvalue weighted by molar-refractivity contribution is 5.75. The van der Waals surface area contributed by atoms with Crippen LogP contribution < -0.4 is 11.0 Å². The Morgan fingerprint density at radius 3 is 2.65 bits per heavy atom. The molecule has 0 fully saturated rings. The summed E-state index contributed by atoms with van der Waals surface area (Å²) in [6.45, 7) is 1.82. The minimum absolute atomic E-state index is 0.228. The van der Waals surface area contributed by atoms with Crippen LogP contribution in [0, 0.1) is 15.9 Å². The molecule has 0 aliphatic rings. The van der Waals surface area contributed by atoms with Gasteiger partial charge < -0.3 is 15.3 Å². The number of nitro benzene ring substituents is 1. The van der Waals surface area contributed by atoms with Crippen LogP contribution in [0.5, 0.6) is 0 Å². The summed E-state index contributed by atoms with van der Waals surface area (Å²) in [4.78, 5) is 27.0. The highest BCUT2D eigenvalue weighted by Crippen LogP contribution is 2.29. The van der Waals surface area contributed by atoms with Gasteiger partial charge in [0, 0.05) is 6.04 Å². The molecular formula is C15H13FN4O3. The van der Waals surface area contributed by atoms with Crippen molar-refractivity contribution in [1.82, 2.24) is 9.97 Å². The highest BCUT2D eigenvalue weighted by atomic mass is 19.1. The van der Waals surface area contributed by atoms with Crippen molar-refractivity contribution >= 4 is 22.4 Å². The van der Waals surface area contributed by atoms with E-state index in [-0.39, 0.29) is 23.1 Å². The van der Waals surface area contributed by atoms with Crippen LogP contribution in [0.25, 0.3) is 11.0 Å². The number of anilines is 1. The van der Waals surface area contributed by atoms with Crippen molar-refractivity contribution in [3.05, 3.63) is 68.4 Å². The average Bonchev–Trinajstić information content (AvgIpc) is 2.87. The summed E-state index contributed by atoms with van der Waals surface area (Å²) in [6, 6.07) is 8.43. The van der Waals surface area contributed by atoms with Gasteiger partial charge in [-0.15, -0.1) is 0 Å². The number of nitro groups is 1. The van der Waals surface area contributed by atoms with E-state index in [4.69, 9.17) is 0 Å². The average molecular weight is 316 g/mol. The zero-order valence-electron chi connectivity index (χ0n) is 12.1. The summed E-state index contributed by atoms with van der Waals surface area (Å²) in [5.74, 6) is -0.666. The molecule has 1 aromatic heterocycles. The van der Waals surface area contributed by atoms with Gasteiger partial charge in [-0.25, -0.2) is 9.18 Å². The number of benzene rings is 2. The molecule has 0 amide bonds. The Kier molecular flexibility index (Phi) is 3.57. The molecule has 0 spiro atoms. The number of imidazole rings is 1. The molecule has 8 heteroatoms. The van der Waals surface area contributed by atoms with Gasteiger partial charge in [-0.3, -0.25) is 10.1 Å². The summed E-state index contributed by atoms with van der Waals surface area (Å²) in [5, 5.41) is 14.0. The third-order valence-corrected chi connectivity index (χ3v) is 3.57. The smallest absolute Gasteiger partial charge is 0.323 e. The second-order valence-electron chi connectivity index (χ2n) is 5.17. The predicted molar refractivity (Wildman–Crippen MR) is 84.0 cm³/mol. The van der Waals surface area contributed by atoms with E-state index in [1.165, 1.54) is 6.07 Å². The van der Waals surface area contributed by atoms with Gasteiger partial charge in [0.05, 0.1) is 22.0 Å². The molecule has 0 aliphatic carbocycles. The lowest BCUT2D eigenvalue weighted by atomic mass is 10.1. The second kappa shape index (κ2) is 5.56. The van der Waals surface area contributed by atoms with Crippen LogP contribution in [0.3, 0.4) is 0 Å². The van der Waals surface area contributed by atoms with Crippen LogP contribution in [0.1, 0.15) is 18.5 Å². The fourth-order valence-electron chi connectivity index (χ4n) is 2.41. The number of hydrogen-bond donors (Lipinski definition) is 3. The monoisotopic (exact) mass is 316 g/mol. The Hall–Kier alpha value is -3.16. The minimum atomic E-state index is -0.666. The van der Waals surface area contributed by atoms with E-state index in [2.05, 4.69) is 15.3 Å². The summed E-state index contributed by atoms with van der Waals surface area (Å²) in [6.07, 6.45) is 0. The first-order chi connectivity index (χ1) is 10.9. The van der Waals surface area contributed by atoms with Gasteiger partial charge in [-0.1, -0.05) is 6.07 Å². The van der Waals surface area contributed by atoms with Gasteiger partial charge in [0.2, 0.25) is 0 Å². The quantitative estimate of drug-likeness (QED) is 0.508. The number of aromatic nitrogens is 2. The largest absolute Gasteiger partial charge is 0.373 e. The lowest BCUT2D eigenvalue weighted by Crippen LogP contribution is -2.08. The van der Waals surface area contributed by atoms with Crippen LogP contribution in [0.4, 0.5) is 15.8 Å². The molecule has 2 aromatic carbocycles.